The summed E-state index contributed by atoms with van der Waals surface area (Å²) in [5, 5.41) is 91.7. The number of thiophene rings is 1. The van der Waals surface area contributed by atoms with Gasteiger partial charge in [0.2, 0.25) is 100 Å². The van der Waals surface area contributed by atoms with Crippen molar-refractivity contribution in [3.63, 3.8) is 0 Å². The Morgan fingerprint density at radius 3 is 1.46 bits per heavy atom. The van der Waals surface area contributed by atoms with Crippen LogP contribution in [-0.2, 0) is 112 Å². The van der Waals surface area contributed by atoms with E-state index in [2.05, 4.69) is 90.1 Å². The largest absolute Gasteiger partial charge is 0.508 e. The second-order valence-electron chi connectivity index (χ2n) is 36.1. The molecular weight excluding hydrogens is 1900 g/mol. The lowest BCUT2D eigenvalue weighted by Crippen LogP contribution is -2.62. The zero-order valence-corrected chi connectivity index (χ0v) is 82.7. The summed E-state index contributed by atoms with van der Waals surface area (Å²) in [6.07, 6.45) is -2.77. The molecule has 0 unspecified atom stereocenters. The highest BCUT2D eigenvalue weighted by atomic mass is 32.2. The lowest BCUT2D eigenvalue weighted by Gasteiger charge is -2.32. The second-order valence-corrected chi connectivity index (χ2v) is 38.0. The van der Waals surface area contributed by atoms with E-state index in [0.29, 0.717) is 44.7 Å². The molecular formula is C97H130N24O21S2. The quantitative estimate of drug-likeness (QED) is 0.0133. The second kappa shape index (κ2) is 55.8. The Balaban J connectivity index is 1.23. The van der Waals surface area contributed by atoms with Gasteiger partial charge in [-0.1, -0.05) is 145 Å². The molecule has 0 saturated carbocycles. The van der Waals surface area contributed by atoms with Gasteiger partial charge in [0, 0.05) is 79.8 Å². The maximum Gasteiger partial charge on any atom is 0.305 e. The fourth-order valence-electron chi connectivity index (χ4n) is 15.7. The van der Waals surface area contributed by atoms with Crippen molar-refractivity contribution < 1.29 is 102 Å². The van der Waals surface area contributed by atoms with E-state index in [9.17, 15) is 58.5 Å². The van der Waals surface area contributed by atoms with Crippen LogP contribution in [0, 0.1) is 28.6 Å². The van der Waals surface area contributed by atoms with Gasteiger partial charge in [-0.05, 0) is 132 Å². The van der Waals surface area contributed by atoms with Gasteiger partial charge in [-0.15, -0.1) is 23.1 Å². The fourth-order valence-corrected chi connectivity index (χ4v) is 17.5. The molecule has 14 atom stereocenters. The minimum atomic E-state index is -2.13. The van der Waals surface area contributed by atoms with E-state index in [0.717, 1.165) is 20.7 Å². The number of nitrogens with one attached hydrogen (secondary N) is 19. The number of aromatic nitrogens is 1. The van der Waals surface area contributed by atoms with E-state index in [4.69, 9.17) is 33.8 Å². The number of guanidine groups is 2. The summed E-state index contributed by atoms with van der Waals surface area (Å²) in [6, 6.07) is 11.7. The number of fused-ring (bicyclic) bond motifs is 2. The van der Waals surface area contributed by atoms with Crippen LogP contribution >= 0.6 is 23.1 Å². The number of likely N-dealkylation sites (N-methyl/N-ethyl adjacent to an activating group) is 1. The van der Waals surface area contributed by atoms with E-state index in [1.807, 2.05) is 36.4 Å². The predicted molar refractivity (Wildman–Crippen MR) is 537 cm³/mol. The normalized spacial score (nSPS) is 22.3. The summed E-state index contributed by atoms with van der Waals surface area (Å²) in [6.45, 7) is 8.90. The van der Waals surface area contributed by atoms with E-state index >= 15 is 43.2 Å². The van der Waals surface area contributed by atoms with Crippen molar-refractivity contribution in [1.82, 2.24) is 95.0 Å². The van der Waals surface area contributed by atoms with Crippen LogP contribution in [0.4, 0.5) is 0 Å². The van der Waals surface area contributed by atoms with Crippen LogP contribution in [0.1, 0.15) is 122 Å². The smallest absolute Gasteiger partial charge is 0.305 e. The molecule has 5 aromatic carbocycles. The third kappa shape index (κ3) is 35.7. The van der Waals surface area contributed by atoms with Crippen LogP contribution in [0.15, 0.2) is 139 Å². The van der Waals surface area contributed by atoms with Crippen molar-refractivity contribution in [3.8, 4) is 16.9 Å². The predicted octanol–water partition coefficient (Wildman–Crippen LogP) is -1.86. The number of para-hydroxylation sites is 1. The Kier molecular flexibility index (Phi) is 44.2. The van der Waals surface area contributed by atoms with Crippen molar-refractivity contribution in [2.24, 2.45) is 40.7 Å². The summed E-state index contributed by atoms with van der Waals surface area (Å²) >= 11 is 1.96. The van der Waals surface area contributed by atoms with Gasteiger partial charge in [0.15, 0.2) is 11.9 Å². The molecule has 776 valence electrons. The molecule has 1 aliphatic rings. The fraction of sp³-hybridized carbons (Fsp3) is 0.443. The number of carboxylic acids is 1. The van der Waals surface area contributed by atoms with Crippen LogP contribution in [0.25, 0.3) is 32.1 Å². The first-order valence-corrected chi connectivity index (χ1v) is 48.9. The Hall–Kier alpha value is -15.3. The molecule has 0 radical (unpaired) electrons. The van der Waals surface area contributed by atoms with E-state index < -0.39 is 271 Å². The molecule has 3 heterocycles. The molecule has 2 aromatic heterocycles. The molecule has 30 N–H and O–H groups in total. The molecule has 144 heavy (non-hydrogen) atoms. The molecule has 0 bridgehead atoms. The van der Waals surface area contributed by atoms with Crippen LogP contribution in [0.3, 0.4) is 0 Å². The zero-order valence-electron chi connectivity index (χ0n) is 81.1. The number of nitrogens with two attached hydrogens (primary N) is 4. The van der Waals surface area contributed by atoms with Gasteiger partial charge >= 0.3 is 5.97 Å². The van der Waals surface area contributed by atoms with Gasteiger partial charge in [-0.25, -0.2) is 0 Å². The number of aliphatic carboxylic acids is 1. The highest BCUT2D eigenvalue weighted by Gasteiger charge is 2.41. The molecule has 17 amide bonds. The van der Waals surface area contributed by atoms with Crippen molar-refractivity contribution in [2.45, 2.75) is 210 Å². The Labute approximate surface area is 839 Å². The lowest BCUT2D eigenvalue weighted by molar-refractivity contribution is -0.142. The number of primary amides is 2. The molecule has 1 fully saturated rings. The number of aromatic hydroxyl groups is 1. The number of carbonyl (C=O) groups excluding carboxylic acids is 17. The average molecular weight is 2030 g/mol. The number of phenols is 1. The lowest BCUT2D eigenvalue weighted by atomic mass is 9.98. The third-order valence-electron chi connectivity index (χ3n) is 23.6. The van der Waals surface area contributed by atoms with E-state index in [1.54, 1.807) is 99.8 Å². The molecule has 1 aliphatic heterocycles. The average Bonchev–Trinajstić information content (AvgIpc) is 1.66. The van der Waals surface area contributed by atoms with Gasteiger partial charge in [-0.2, -0.15) is 0 Å². The molecule has 0 spiro atoms. The highest BCUT2D eigenvalue weighted by Crippen LogP contribution is 2.29. The number of carbonyl (C=O) groups is 18. The molecule has 47 heteroatoms. The minimum Gasteiger partial charge on any atom is -0.508 e. The maximum absolute atomic E-state index is 15.6. The minimum absolute atomic E-state index is 0.0165. The Morgan fingerprint density at radius 2 is 0.910 bits per heavy atom. The van der Waals surface area contributed by atoms with Crippen LogP contribution in [-0.4, -0.2) is 273 Å². The number of aliphatic hydroxyl groups is 1. The molecule has 7 aromatic rings. The number of hydrogen-bond acceptors (Lipinski definition) is 24. The van der Waals surface area contributed by atoms with Crippen LogP contribution in [0.2, 0.25) is 0 Å². The summed E-state index contributed by atoms with van der Waals surface area (Å²) in [5.74, 6) is -24.1. The first-order valence-electron chi connectivity index (χ1n) is 46.9. The number of aromatic amines is 1. The van der Waals surface area contributed by atoms with Crippen LogP contribution in [0.5, 0.6) is 5.75 Å². The van der Waals surface area contributed by atoms with Crippen LogP contribution < -0.4 is 108 Å². The summed E-state index contributed by atoms with van der Waals surface area (Å²) in [4.78, 5) is 266. The summed E-state index contributed by atoms with van der Waals surface area (Å²) < 4.78 is 0.794. The first-order chi connectivity index (χ1) is 68.4. The van der Waals surface area contributed by atoms with E-state index in [1.165, 1.54) is 69.6 Å². The maximum atomic E-state index is 15.6. The zero-order chi connectivity index (χ0) is 106. The van der Waals surface area contributed by atoms with Gasteiger partial charge < -0.3 is 133 Å². The number of H-pyrrole nitrogens is 1. The summed E-state index contributed by atoms with van der Waals surface area (Å²) in [7, 11) is 1.26. The molecule has 1 saturated heterocycles. The Bertz CT molecular complexity index is 5730. The summed E-state index contributed by atoms with van der Waals surface area (Å²) in [5.41, 5.74) is 26.1. The van der Waals surface area contributed by atoms with Crippen molar-refractivity contribution >= 4 is 162 Å². The number of benzene rings is 5. The highest BCUT2D eigenvalue weighted by molar-refractivity contribution is 8.00. The number of hydrogen-bond donors (Lipinski definition) is 26. The van der Waals surface area contributed by atoms with Gasteiger partial charge in [0.1, 0.15) is 90.3 Å². The van der Waals surface area contributed by atoms with Crippen molar-refractivity contribution in [1.29, 1.82) is 10.8 Å². The van der Waals surface area contributed by atoms with Crippen molar-refractivity contribution in [3.05, 3.63) is 161 Å². The standard InChI is InChI=1S/C97H130N24O21S2/c1-50(2)38-67-90(137)119-81(52(5)6)94(141)117-73(46-122)92(139)118-74(83(130)107-45-77(99)125)48-143-49-78(126)108-65(34-35-76(98)124)85(132)113-68(40-55-28-32-60(123)33-29-55)87(134)115-72(43-79(127)128)89(136)114-70(41-58-44-106-63-22-14-12-20-61(58)63)91(138)120-80(51(3)4)93(140)116-69(39-54-26-30-57(31-27-54)56-18-10-9-11-19-56)86(133)110-66(24-17-37-105-97(102)103)95(142)121(8)53(7)82(129)111-71(42-59-47-144-75-25-15-13-21-62(59)75)88(135)109-64(84(131)112-67)23-16-36-104-96(100)101/h9-15,18-22,25-33,44,47,50-53,64-74,80-81,106,122-123H,16-17,23-24,34-43,45-46,48-49H2,1-8H3,(H2,98,124)(H2,99,125)(H,107,130)(H,108,126)(H,109,135)(H,110,133)(H,111,129)(H,112,131)(H,113,132)(H,114,136)(H,115,134)(H,116,140)(H,117,141)(H,118,139)(H,119,137)(H,120,138)(H,127,128)(H4,100,101,104)(H4,102,103,105)/t53-,64-,65-,66-,67-,68-,69-,70-,71-,72-,73-,74-,80-,81-/m0/s1. The number of rotatable bonds is 30. The number of nitrogens with zero attached hydrogens (tertiary/aromatic N) is 1. The SMILES string of the molecule is CC(C)C[C@@H]1NC(=O)[C@H](CCCNC(=N)N)NC(=O)[C@H](Cc2csc3ccccc23)NC(=O)[C@H](C)N(C)C(=O)[C@H](CCCNC(=N)N)NC(=O)[C@H](Cc2ccc(-c3ccccc3)cc2)NC(=O)[C@H](C(C)C)NC(=O)[C@H](Cc2c[nH]c3ccccc23)NC(=O)[C@H](CC(=O)O)NC(=O)[C@H](Cc2ccc(O)cc2)NC(=O)[C@H](CCC(N)=O)NC(=O)CSC[C@@H](C(=O)NCC(N)=O)NC(=O)[C@H](CO)NC(=O)[C@H](C(C)C)NC1=O. The number of thioether (sulfide) groups is 1. The number of aliphatic hydroxyl groups excluding tert-OH is 1. The monoisotopic (exact) mass is 2030 g/mol. The molecule has 0 aliphatic carbocycles. The van der Waals surface area contributed by atoms with Gasteiger partial charge in [-0.3, -0.25) is 97.1 Å². The van der Waals surface area contributed by atoms with Crippen molar-refractivity contribution in [2.75, 3.05) is 44.8 Å². The first kappa shape index (κ1) is 114. The van der Waals surface area contributed by atoms with E-state index in [-0.39, 0.29) is 75.3 Å². The van der Waals surface area contributed by atoms with Gasteiger partial charge in [0.05, 0.1) is 25.3 Å². The molecule has 8 rings (SSSR count). The third-order valence-corrected chi connectivity index (χ3v) is 25.6. The van der Waals surface area contributed by atoms with Gasteiger partial charge in [0.25, 0.3) is 0 Å². The topological polar surface area (TPSA) is 731 Å². The number of carboxylic acid groups (broad SMARTS) is 1. The molecule has 45 nitrogen and oxygen atoms in total. The Morgan fingerprint density at radius 1 is 0.465 bits per heavy atom. The number of phenolic OH excluding ortho intramolecular Hbond substituents is 1. The number of amides is 17.